The molecule has 2 rings (SSSR count). The number of hydrogen-bond acceptors (Lipinski definition) is 4. The Morgan fingerprint density at radius 3 is 2.35 bits per heavy atom. The minimum atomic E-state index is -1.24. The standard InChI is InChI=1S/C12H12O3S2/c1-7-3-5-16-9(7)12(2,15)10-8(11(13)14)4-6-17-10/h3-6,15H,1-2H3,(H,13,14). The van der Waals surface area contributed by atoms with Crippen molar-refractivity contribution < 1.29 is 15.0 Å². The Labute approximate surface area is 107 Å². The first kappa shape index (κ1) is 12.3. The molecule has 0 aliphatic heterocycles. The third-order valence-corrected chi connectivity index (χ3v) is 4.99. The van der Waals surface area contributed by atoms with Crippen LogP contribution in [0.25, 0.3) is 0 Å². The summed E-state index contributed by atoms with van der Waals surface area (Å²) in [6.45, 7) is 3.55. The highest BCUT2D eigenvalue weighted by molar-refractivity contribution is 7.12. The highest BCUT2D eigenvalue weighted by Crippen LogP contribution is 2.39. The van der Waals surface area contributed by atoms with Gasteiger partial charge in [0.25, 0.3) is 0 Å². The van der Waals surface area contributed by atoms with Gasteiger partial charge in [0.05, 0.1) is 10.4 Å². The largest absolute Gasteiger partial charge is 0.478 e. The van der Waals surface area contributed by atoms with E-state index in [1.165, 1.54) is 28.7 Å². The van der Waals surface area contributed by atoms with Crippen molar-refractivity contribution in [3.63, 3.8) is 0 Å². The van der Waals surface area contributed by atoms with E-state index < -0.39 is 11.6 Å². The quantitative estimate of drug-likeness (QED) is 0.899. The van der Waals surface area contributed by atoms with Gasteiger partial charge in [0.1, 0.15) is 5.60 Å². The lowest BCUT2D eigenvalue weighted by Crippen LogP contribution is -2.23. The summed E-state index contributed by atoms with van der Waals surface area (Å²) in [5, 5.41) is 23.3. The van der Waals surface area contributed by atoms with Crippen molar-refractivity contribution in [2.75, 3.05) is 0 Å². The molecular weight excluding hydrogens is 256 g/mol. The summed E-state index contributed by atoms with van der Waals surface area (Å²) in [5.74, 6) is -1.00. The van der Waals surface area contributed by atoms with Crippen molar-refractivity contribution in [1.82, 2.24) is 0 Å². The molecule has 0 spiro atoms. The fourth-order valence-corrected chi connectivity index (χ4v) is 3.84. The van der Waals surface area contributed by atoms with E-state index in [1.54, 1.807) is 12.3 Å². The Bertz CT molecular complexity index is 552. The third kappa shape index (κ3) is 2.01. The first-order valence-electron chi connectivity index (χ1n) is 5.03. The number of aromatic carboxylic acids is 1. The van der Waals surface area contributed by atoms with Gasteiger partial charge >= 0.3 is 5.97 Å². The number of hydrogen-bond donors (Lipinski definition) is 2. The SMILES string of the molecule is Cc1ccsc1C(C)(O)c1sccc1C(=O)O. The van der Waals surface area contributed by atoms with Crippen LogP contribution in [0.5, 0.6) is 0 Å². The lowest BCUT2D eigenvalue weighted by atomic mass is 9.97. The Balaban J connectivity index is 2.55. The zero-order valence-electron chi connectivity index (χ0n) is 9.43. The van der Waals surface area contributed by atoms with Gasteiger partial charge in [-0.1, -0.05) is 0 Å². The minimum absolute atomic E-state index is 0.174. The second-order valence-electron chi connectivity index (χ2n) is 3.97. The lowest BCUT2D eigenvalue weighted by molar-refractivity contribution is 0.0675. The van der Waals surface area contributed by atoms with Gasteiger partial charge in [0.15, 0.2) is 0 Å². The number of thiophene rings is 2. The van der Waals surface area contributed by atoms with Crippen LogP contribution >= 0.6 is 22.7 Å². The summed E-state index contributed by atoms with van der Waals surface area (Å²) in [6.07, 6.45) is 0. The zero-order valence-corrected chi connectivity index (χ0v) is 11.1. The maximum atomic E-state index is 11.1. The van der Waals surface area contributed by atoms with Crippen LogP contribution < -0.4 is 0 Å². The van der Waals surface area contributed by atoms with Crippen molar-refractivity contribution in [3.8, 4) is 0 Å². The molecule has 5 heteroatoms. The van der Waals surface area contributed by atoms with Crippen molar-refractivity contribution in [3.05, 3.63) is 43.8 Å². The van der Waals surface area contributed by atoms with E-state index in [0.717, 1.165) is 10.4 Å². The van der Waals surface area contributed by atoms with E-state index in [-0.39, 0.29) is 5.56 Å². The molecule has 0 aliphatic rings. The third-order valence-electron chi connectivity index (χ3n) is 2.64. The predicted octanol–water partition coefficient (Wildman–Crippen LogP) is 3.07. The number of aliphatic hydroxyl groups is 1. The fraction of sp³-hybridized carbons (Fsp3) is 0.250. The first-order valence-corrected chi connectivity index (χ1v) is 6.78. The molecule has 90 valence electrons. The number of rotatable bonds is 3. The Morgan fingerprint density at radius 2 is 1.82 bits per heavy atom. The molecule has 2 heterocycles. The van der Waals surface area contributed by atoms with E-state index >= 15 is 0 Å². The second kappa shape index (κ2) is 4.25. The fourth-order valence-electron chi connectivity index (χ4n) is 1.83. The lowest BCUT2D eigenvalue weighted by Gasteiger charge is -2.22. The molecule has 17 heavy (non-hydrogen) atoms. The van der Waals surface area contributed by atoms with Crippen LogP contribution in [0.15, 0.2) is 22.9 Å². The number of carboxylic acids is 1. The number of aryl methyl sites for hydroxylation is 1. The average molecular weight is 268 g/mol. The number of carboxylic acid groups (broad SMARTS) is 1. The second-order valence-corrected chi connectivity index (χ2v) is 5.81. The molecular formula is C12H12O3S2. The maximum absolute atomic E-state index is 11.1. The van der Waals surface area contributed by atoms with E-state index in [1.807, 2.05) is 18.4 Å². The zero-order chi connectivity index (χ0) is 12.6. The summed E-state index contributed by atoms with van der Waals surface area (Å²) < 4.78 is 0. The monoisotopic (exact) mass is 268 g/mol. The Morgan fingerprint density at radius 1 is 1.24 bits per heavy atom. The summed E-state index contributed by atoms with van der Waals surface area (Å²) in [7, 11) is 0. The van der Waals surface area contributed by atoms with Crippen LogP contribution in [0, 0.1) is 6.92 Å². The van der Waals surface area contributed by atoms with E-state index in [4.69, 9.17) is 5.11 Å². The van der Waals surface area contributed by atoms with E-state index in [0.29, 0.717) is 4.88 Å². The van der Waals surface area contributed by atoms with Gasteiger partial charge < -0.3 is 10.2 Å². The van der Waals surface area contributed by atoms with Gasteiger partial charge in [-0.25, -0.2) is 4.79 Å². The van der Waals surface area contributed by atoms with Crippen LogP contribution in [-0.4, -0.2) is 16.2 Å². The molecule has 2 aromatic rings. The van der Waals surface area contributed by atoms with Gasteiger partial charge in [-0.15, -0.1) is 22.7 Å². The van der Waals surface area contributed by atoms with Crippen LogP contribution in [-0.2, 0) is 5.60 Å². The highest BCUT2D eigenvalue weighted by Gasteiger charge is 2.33. The molecule has 0 aromatic carbocycles. The predicted molar refractivity (Wildman–Crippen MR) is 69.0 cm³/mol. The Hall–Kier alpha value is -1.17. The molecule has 3 nitrogen and oxygen atoms in total. The van der Waals surface area contributed by atoms with Crippen molar-refractivity contribution >= 4 is 28.6 Å². The highest BCUT2D eigenvalue weighted by atomic mass is 32.1. The molecule has 0 amide bonds. The molecule has 2 aromatic heterocycles. The first-order chi connectivity index (χ1) is 7.94. The van der Waals surface area contributed by atoms with Gasteiger partial charge in [-0.2, -0.15) is 0 Å². The van der Waals surface area contributed by atoms with E-state index in [2.05, 4.69) is 0 Å². The maximum Gasteiger partial charge on any atom is 0.336 e. The minimum Gasteiger partial charge on any atom is -0.478 e. The molecule has 0 bridgehead atoms. The summed E-state index contributed by atoms with van der Waals surface area (Å²) in [4.78, 5) is 12.4. The molecule has 0 radical (unpaired) electrons. The summed E-state index contributed by atoms with van der Waals surface area (Å²) >= 11 is 2.71. The smallest absolute Gasteiger partial charge is 0.336 e. The molecule has 0 fully saturated rings. The molecule has 2 N–H and O–H groups in total. The average Bonchev–Trinajstić information content (AvgIpc) is 2.84. The molecule has 0 aliphatic carbocycles. The van der Waals surface area contributed by atoms with Crippen LogP contribution in [0.3, 0.4) is 0 Å². The van der Waals surface area contributed by atoms with Gasteiger partial charge in [-0.3, -0.25) is 0 Å². The van der Waals surface area contributed by atoms with Gasteiger partial charge in [-0.05, 0) is 42.3 Å². The topological polar surface area (TPSA) is 57.5 Å². The molecule has 1 atom stereocenters. The van der Waals surface area contributed by atoms with Crippen molar-refractivity contribution in [2.24, 2.45) is 0 Å². The van der Waals surface area contributed by atoms with Gasteiger partial charge in [0, 0.05) is 4.88 Å². The Kier molecular flexibility index (Phi) is 3.07. The molecule has 0 saturated carbocycles. The summed E-state index contributed by atoms with van der Waals surface area (Å²) in [5.41, 5.74) is -0.0855. The normalized spacial score (nSPS) is 14.5. The molecule has 1 unspecified atom stereocenters. The molecule has 0 saturated heterocycles. The van der Waals surface area contributed by atoms with Gasteiger partial charge in [0.2, 0.25) is 0 Å². The summed E-state index contributed by atoms with van der Waals surface area (Å²) in [6, 6.07) is 3.45. The van der Waals surface area contributed by atoms with E-state index in [9.17, 15) is 9.90 Å². The van der Waals surface area contributed by atoms with Crippen molar-refractivity contribution in [2.45, 2.75) is 19.4 Å². The van der Waals surface area contributed by atoms with Crippen molar-refractivity contribution in [1.29, 1.82) is 0 Å². The van der Waals surface area contributed by atoms with Crippen LogP contribution in [0.2, 0.25) is 0 Å². The number of carbonyl (C=O) groups is 1. The van der Waals surface area contributed by atoms with Crippen LogP contribution in [0.4, 0.5) is 0 Å². The van der Waals surface area contributed by atoms with Crippen LogP contribution in [0.1, 0.15) is 32.6 Å².